The van der Waals surface area contributed by atoms with Crippen LogP contribution in [0.4, 0.5) is 14.6 Å². The zero-order chi connectivity index (χ0) is 26.0. The van der Waals surface area contributed by atoms with Crippen LogP contribution < -0.4 is 14.8 Å². The largest absolute Gasteiger partial charge is 0.493 e. The molecule has 0 unspecified atom stereocenters. The van der Waals surface area contributed by atoms with Gasteiger partial charge < -0.3 is 24.8 Å². The number of hydrogen-bond acceptors (Lipinski definition) is 7. The van der Waals surface area contributed by atoms with Crippen LogP contribution in [0, 0.1) is 6.92 Å². The smallest absolute Gasteiger partial charge is 0.295 e. The zero-order valence-corrected chi connectivity index (χ0v) is 20.7. The van der Waals surface area contributed by atoms with Crippen LogP contribution in [0.5, 0.6) is 11.5 Å². The van der Waals surface area contributed by atoms with Crippen LogP contribution in [0.1, 0.15) is 42.8 Å². The number of likely N-dealkylation sites (N-methyl/N-ethyl adjacent to an activating group) is 1. The lowest BCUT2D eigenvalue weighted by Crippen LogP contribution is -2.33. The first kappa shape index (κ1) is 25.6. The van der Waals surface area contributed by atoms with Gasteiger partial charge in [-0.3, -0.25) is 4.79 Å². The van der Waals surface area contributed by atoms with Crippen LogP contribution in [0.25, 0.3) is 10.9 Å². The van der Waals surface area contributed by atoms with Crippen LogP contribution in [0.2, 0.25) is 0 Å². The van der Waals surface area contributed by atoms with E-state index in [1.54, 1.807) is 44.2 Å². The molecule has 3 aromatic rings. The molecule has 1 aromatic heterocycles. The Bertz CT molecular complexity index is 1270. The Kier molecular flexibility index (Phi) is 7.26. The predicted molar refractivity (Wildman–Crippen MR) is 132 cm³/mol. The number of likely N-dealkylation sites (tertiary alicyclic amines) is 1. The minimum Gasteiger partial charge on any atom is -0.493 e. The number of aliphatic hydroxyl groups excluding tert-OH is 1. The summed E-state index contributed by atoms with van der Waals surface area (Å²) in [5.74, 6) is -1.19. The number of hydrogen-bond donors (Lipinski definition) is 2. The van der Waals surface area contributed by atoms with Crippen molar-refractivity contribution in [3.63, 3.8) is 0 Å². The highest BCUT2D eigenvalue weighted by Gasteiger charge is 2.31. The molecule has 0 bridgehead atoms. The lowest BCUT2D eigenvalue weighted by atomic mass is 10.0. The van der Waals surface area contributed by atoms with Crippen LogP contribution in [0.3, 0.4) is 0 Å². The molecule has 1 fully saturated rings. The number of aromatic nitrogens is 2. The molecule has 2 heterocycles. The monoisotopic (exact) mass is 500 g/mol. The third-order valence-corrected chi connectivity index (χ3v) is 6.52. The molecular weight excluding hydrogens is 470 g/mol. The minimum atomic E-state index is -3.32. The van der Waals surface area contributed by atoms with E-state index >= 15 is 0 Å². The summed E-state index contributed by atoms with van der Waals surface area (Å²) in [7, 11) is 3.32. The number of alkyl halides is 2. The van der Waals surface area contributed by atoms with Gasteiger partial charge in [-0.2, -0.15) is 8.78 Å². The maximum atomic E-state index is 14.0. The molecule has 1 aliphatic rings. The van der Waals surface area contributed by atoms with E-state index in [0.717, 1.165) is 6.42 Å². The van der Waals surface area contributed by atoms with Gasteiger partial charge in [0.25, 0.3) is 5.92 Å². The molecule has 0 saturated carbocycles. The number of carbonyl (C=O) groups is 1. The van der Waals surface area contributed by atoms with Gasteiger partial charge in [0.05, 0.1) is 18.7 Å². The maximum absolute atomic E-state index is 14.0. The second-order valence-corrected chi connectivity index (χ2v) is 9.00. The number of ether oxygens (including phenoxy) is 2. The van der Waals surface area contributed by atoms with Crippen molar-refractivity contribution in [2.24, 2.45) is 0 Å². The molecule has 1 amide bonds. The second kappa shape index (κ2) is 10.2. The summed E-state index contributed by atoms with van der Waals surface area (Å²) in [6.07, 6.45) is 1.23. The maximum Gasteiger partial charge on any atom is 0.295 e. The van der Waals surface area contributed by atoms with Gasteiger partial charge in [-0.25, -0.2) is 9.97 Å². The number of fused-ring (bicyclic) bond motifs is 1. The van der Waals surface area contributed by atoms with E-state index in [2.05, 4.69) is 15.3 Å². The van der Waals surface area contributed by atoms with Gasteiger partial charge in [0, 0.05) is 36.5 Å². The number of halogens is 2. The van der Waals surface area contributed by atoms with E-state index < -0.39 is 12.5 Å². The number of anilines is 1. The molecule has 0 spiro atoms. The highest BCUT2D eigenvalue weighted by Crippen LogP contribution is 2.36. The van der Waals surface area contributed by atoms with E-state index in [0.29, 0.717) is 52.6 Å². The molecule has 0 radical (unpaired) electrons. The molecular formula is C26H30F2N4O4. The van der Waals surface area contributed by atoms with Gasteiger partial charge in [-0.15, -0.1) is 0 Å². The molecule has 1 saturated heterocycles. The van der Waals surface area contributed by atoms with E-state index in [-0.39, 0.29) is 23.6 Å². The van der Waals surface area contributed by atoms with Gasteiger partial charge in [0.1, 0.15) is 24.9 Å². The fraction of sp³-hybridized carbons (Fsp3) is 0.423. The third kappa shape index (κ3) is 5.18. The normalized spacial score (nSPS) is 16.9. The number of rotatable bonds is 9. The van der Waals surface area contributed by atoms with Crippen molar-refractivity contribution in [1.82, 2.24) is 14.9 Å². The fourth-order valence-electron chi connectivity index (χ4n) is 4.30. The summed E-state index contributed by atoms with van der Waals surface area (Å²) < 4.78 is 39.6. The van der Waals surface area contributed by atoms with Gasteiger partial charge in [-0.1, -0.05) is 18.2 Å². The van der Waals surface area contributed by atoms with E-state index in [1.165, 1.54) is 18.2 Å². The summed E-state index contributed by atoms with van der Waals surface area (Å²) in [5.41, 5.74) is 0.995. The molecule has 36 heavy (non-hydrogen) atoms. The van der Waals surface area contributed by atoms with Crippen molar-refractivity contribution in [3.8, 4) is 11.5 Å². The highest BCUT2D eigenvalue weighted by atomic mass is 19.3. The molecule has 8 nitrogen and oxygen atoms in total. The number of carbonyl (C=O) groups excluding carboxylic acids is 1. The summed E-state index contributed by atoms with van der Waals surface area (Å²) in [6.45, 7) is 2.67. The quantitative estimate of drug-likeness (QED) is 0.455. The van der Waals surface area contributed by atoms with E-state index in [1.807, 2.05) is 6.92 Å². The Hall–Kier alpha value is -3.53. The topological polar surface area (TPSA) is 96.8 Å². The van der Waals surface area contributed by atoms with Crippen molar-refractivity contribution >= 4 is 22.6 Å². The molecule has 2 N–H and O–H groups in total. The van der Waals surface area contributed by atoms with E-state index in [9.17, 15) is 13.6 Å². The molecule has 4 rings (SSSR count). The number of aryl methyl sites for hydroxylation is 1. The van der Waals surface area contributed by atoms with Gasteiger partial charge in [0.15, 0.2) is 11.5 Å². The number of aliphatic hydroxyl groups is 1. The van der Waals surface area contributed by atoms with Crippen molar-refractivity contribution in [1.29, 1.82) is 0 Å². The van der Waals surface area contributed by atoms with Crippen LogP contribution in [-0.4, -0.2) is 59.3 Å². The molecule has 2 atom stereocenters. The van der Waals surface area contributed by atoms with Crippen LogP contribution >= 0.6 is 0 Å². The molecule has 2 aromatic carbocycles. The van der Waals surface area contributed by atoms with Crippen LogP contribution in [-0.2, 0) is 10.7 Å². The van der Waals surface area contributed by atoms with Crippen molar-refractivity contribution in [2.75, 3.05) is 32.7 Å². The zero-order valence-electron chi connectivity index (χ0n) is 20.7. The first-order valence-corrected chi connectivity index (χ1v) is 11.7. The minimum absolute atomic E-state index is 0.0193. The average Bonchev–Trinajstić information content (AvgIpc) is 3.19. The number of amides is 1. The Balaban J connectivity index is 1.64. The first-order chi connectivity index (χ1) is 17.1. The number of methoxy groups -OCH3 is 1. The first-order valence-electron chi connectivity index (χ1n) is 11.7. The lowest BCUT2D eigenvalue weighted by Gasteiger charge is -2.22. The molecule has 10 heteroatoms. The Labute approximate surface area is 208 Å². The molecule has 1 aliphatic heterocycles. The van der Waals surface area contributed by atoms with Gasteiger partial charge >= 0.3 is 0 Å². The van der Waals surface area contributed by atoms with Crippen molar-refractivity contribution < 1.29 is 28.2 Å². The summed E-state index contributed by atoms with van der Waals surface area (Å²) >= 11 is 0. The van der Waals surface area contributed by atoms with Crippen molar-refractivity contribution in [2.45, 2.75) is 44.7 Å². The third-order valence-electron chi connectivity index (χ3n) is 6.52. The fourth-order valence-corrected chi connectivity index (χ4v) is 4.30. The number of nitrogens with one attached hydrogen (secondary N) is 1. The Morgan fingerprint density at radius 2 is 2.03 bits per heavy atom. The van der Waals surface area contributed by atoms with E-state index in [4.69, 9.17) is 14.6 Å². The summed E-state index contributed by atoms with van der Waals surface area (Å²) in [6, 6.07) is 9.11. The Morgan fingerprint density at radius 1 is 1.25 bits per heavy atom. The SMILES string of the molecule is COc1cc2nc(C)nc(N[C@H](C)c3cccc(C(F)(F)CO)c3)c2cc1OC[C@@H]1CCC(=O)N1C. The number of nitrogens with zero attached hydrogens (tertiary/aromatic N) is 3. The molecule has 0 aliphatic carbocycles. The van der Waals surface area contributed by atoms with Crippen molar-refractivity contribution in [3.05, 3.63) is 53.3 Å². The average molecular weight is 501 g/mol. The second-order valence-electron chi connectivity index (χ2n) is 9.00. The lowest BCUT2D eigenvalue weighted by molar-refractivity contribution is -0.127. The van der Waals surface area contributed by atoms with Gasteiger partial charge in [0.2, 0.25) is 5.91 Å². The summed E-state index contributed by atoms with van der Waals surface area (Å²) in [4.78, 5) is 22.6. The standard InChI is InChI=1S/C26H30F2N4O4/c1-15(17-6-5-7-18(10-17)26(27,28)14-33)29-25-20-11-23(36-13-19-8-9-24(34)32(19)3)22(35-4)12-21(20)30-16(2)31-25/h5-7,10-12,15,19,33H,8-9,13-14H2,1-4H3,(H,29,30,31)/t15-,19+/m1/s1. The Morgan fingerprint density at radius 3 is 2.69 bits per heavy atom. The van der Waals surface area contributed by atoms with Crippen LogP contribution in [0.15, 0.2) is 36.4 Å². The number of benzene rings is 2. The summed E-state index contributed by atoms with van der Waals surface area (Å²) in [5, 5.41) is 13.0. The van der Waals surface area contributed by atoms with Gasteiger partial charge in [-0.05, 0) is 38.0 Å². The predicted octanol–water partition coefficient (Wildman–Crippen LogP) is 4.20. The molecule has 192 valence electrons. The highest BCUT2D eigenvalue weighted by molar-refractivity contribution is 5.92.